The summed E-state index contributed by atoms with van der Waals surface area (Å²) in [7, 11) is 0. The molecule has 0 spiro atoms. The van der Waals surface area contributed by atoms with Crippen molar-refractivity contribution in [3.63, 3.8) is 0 Å². The van der Waals surface area contributed by atoms with Crippen LogP contribution in [0.25, 0.3) is 0 Å². The fourth-order valence-corrected chi connectivity index (χ4v) is 4.70. The van der Waals surface area contributed by atoms with Gasteiger partial charge in [0.05, 0.1) is 18.7 Å². The van der Waals surface area contributed by atoms with Gasteiger partial charge in [-0.2, -0.15) is 0 Å². The molecule has 0 aliphatic carbocycles. The lowest BCUT2D eigenvalue weighted by Gasteiger charge is -2.39. The summed E-state index contributed by atoms with van der Waals surface area (Å²) in [5.41, 5.74) is 2.61. The van der Waals surface area contributed by atoms with E-state index in [9.17, 15) is 0 Å². The Morgan fingerprint density at radius 1 is 0.935 bits per heavy atom. The molecule has 2 atom stereocenters. The van der Waals surface area contributed by atoms with E-state index in [0.29, 0.717) is 0 Å². The van der Waals surface area contributed by atoms with Gasteiger partial charge in [0.2, 0.25) is 0 Å². The van der Waals surface area contributed by atoms with Gasteiger partial charge in [0.15, 0.2) is 5.82 Å². The fraction of sp³-hybridized carbons (Fsp3) is 0.458. The zero-order valence-corrected chi connectivity index (χ0v) is 17.9. The van der Waals surface area contributed by atoms with Crippen LogP contribution in [0.4, 0.5) is 0 Å². The SMILES string of the molecule is c1ccc(CN2CCN([C@@H](c3ccccc3)c3nnnn3C[C@H]3CCCO3)CC2)cc1. The molecule has 162 valence electrons. The van der Waals surface area contributed by atoms with Crippen LogP contribution in [0.2, 0.25) is 0 Å². The van der Waals surface area contributed by atoms with E-state index in [4.69, 9.17) is 4.74 Å². The van der Waals surface area contributed by atoms with Gasteiger partial charge in [-0.15, -0.1) is 5.10 Å². The van der Waals surface area contributed by atoms with E-state index in [1.54, 1.807) is 0 Å². The first-order valence-electron chi connectivity index (χ1n) is 11.3. The number of ether oxygens (including phenoxy) is 1. The number of rotatable bonds is 7. The molecular formula is C24H30N6O. The predicted octanol–water partition coefficient (Wildman–Crippen LogP) is 2.76. The van der Waals surface area contributed by atoms with E-state index < -0.39 is 0 Å². The molecule has 31 heavy (non-hydrogen) atoms. The Balaban J connectivity index is 1.33. The zero-order valence-electron chi connectivity index (χ0n) is 17.9. The third-order valence-electron chi connectivity index (χ3n) is 6.34. The Bertz CT molecular complexity index is 933. The predicted molar refractivity (Wildman–Crippen MR) is 118 cm³/mol. The van der Waals surface area contributed by atoms with Crippen molar-refractivity contribution in [1.82, 2.24) is 30.0 Å². The summed E-state index contributed by atoms with van der Waals surface area (Å²) in [6.07, 6.45) is 2.41. The first-order chi connectivity index (χ1) is 15.4. The molecule has 5 rings (SSSR count). The number of hydrogen-bond acceptors (Lipinski definition) is 6. The smallest absolute Gasteiger partial charge is 0.173 e. The van der Waals surface area contributed by atoms with Crippen LogP contribution < -0.4 is 0 Å². The van der Waals surface area contributed by atoms with E-state index in [0.717, 1.165) is 64.5 Å². The number of piperazine rings is 1. The number of hydrogen-bond donors (Lipinski definition) is 0. The van der Waals surface area contributed by atoms with Crippen molar-refractivity contribution in [2.75, 3.05) is 32.8 Å². The van der Waals surface area contributed by atoms with Crippen LogP contribution in [0.5, 0.6) is 0 Å². The number of nitrogens with zero attached hydrogens (tertiary/aromatic N) is 6. The van der Waals surface area contributed by atoms with Gasteiger partial charge in [0, 0.05) is 39.3 Å². The minimum absolute atomic E-state index is 0.0523. The second kappa shape index (κ2) is 9.68. The summed E-state index contributed by atoms with van der Waals surface area (Å²) >= 11 is 0. The van der Waals surface area contributed by atoms with Gasteiger partial charge in [-0.05, 0) is 34.4 Å². The van der Waals surface area contributed by atoms with Crippen molar-refractivity contribution < 1.29 is 4.74 Å². The number of aromatic nitrogens is 4. The molecule has 3 heterocycles. The van der Waals surface area contributed by atoms with Crippen molar-refractivity contribution in [3.05, 3.63) is 77.6 Å². The maximum absolute atomic E-state index is 5.85. The molecule has 2 aliphatic heterocycles. The van der Waals surface area contributed by atoms with Crippen LogP contribution in [0.3, 0.4) is 0 Å². The molecule has 0 bridgehead atoms. The summed E-state index contributed by atoms with van der Waals surface area (Å²) in [5.74, 6) is 0.915. The molecule has 2 fully saturated rings. The van der Waals surface area contributed by atoms with Crippen LogP contribution in [0.15, 0.2) is 60.7 Å². The number of benzene rings is 2. The minimum atomic E-state index is 0.0523. The van der Waals surface area contributed by atoms with Gasteiger partial charge >= 0.3 is 0 Å². The van der Waals surface area contributed by atoms with Gasteiger partial charge in [-0.3, -0.25) is 9.80 Å². The molecular weight excluding hydrogens is 388 g/mol. The van der Waals surface area contributed by atoms with Gasteiger partial charge in [0.25, 0.3) is 0 Å². The minimum Gasteiger partial charge on any atom is -0.376 e. The molecule has 0 radical (unpaired) electrons. The Morgan fingerprint density at radius 3 is 2.39 bits per heavy atom. The molecule has 2 aromatic carbocycles. The highest BCUT2D eigenvalue weighted by molar-refractivity contribution is 5.25. The lowest BCUT2D eigenvalue weighted by molar-refractivity contribution is 0.0842. The van der Waals surface area contributed by atoms with Crippen molar-refractivity contribution in [2.45, 2.75) is 38.1 Å². The highest BCUT2D eigenvalue weighted by Gasteiger charge is 2.31. The highest BCUT2D eigenvalue weighted by atomic mass is 16.5. The van der Waals surface area contributed by atoms with Crippen molar-refractivity contribution in [1.29, 1.82) is 0 Å². The maximum atomic E-state index is 5.85. The van der Waals surface area contributed by atoms with Crippen molar-refractivity contribution in [2.24, 2.45) is 0 Å². The third kappa shape index (κ3) is 4.84. The van der Waals surface area contributed by atoms with Gasteiger partial charge in [-0.1, -0.05) is 60.7 Å². The summed E-state index contributed by atoms with van der Waals surface area (Å²) < 4.78 is 7.81. The van der Waals surface area contributed by atoms with Crippen molar-refractivity contribution >= 4 is 0 Å². The Labute approximate surface area is 183 Å². The quantitative estimate of drug-likeness (QED) is 0.588. The van der Waals surface area contributed by atoms with Crippen LogP contribution in [0.1, 0.15) is 35.8 Å². The second-order valence-corrected chi connectivity index (χ2v) is 8.47. The summed E-state index contributed by atoms with van der Waals surface area (Å²) in [6, 6.07) is 21.4. The molecule has 2 saturated heterocycles. The standard InChI is InChI=1S/C24H30N6O/c1-3-8-20(9-4-1)18-28-13-15-29(16-14-28)23(21-10-5-2-6-11-21)24-25-26-27-30(24)19-22-12-7-17-31-22/h1-6,8-11,22-23H,7,12-19H2/t22-,23+/m1/s1. The molecule has 7 heteroatoms. The third-order valence-corrected chi connectivity index (χ3v) is 6.34. The Kier molecular flexibility index (Phi) is 6.34. The van der Waals surface area contributed by atoms with E-state index in [1.165, 1.54) is 11.1 Å². The van der Waals surface area contributed by atoms with Gasteiger partial charge < -0.3 is 4.74 Å². The Hall–Kier alpha value is -2.61. The summed E-state index contributed by atoms with van der Waals surface area (Å²) in [6.45, 7) is 6.60. The summed E-state index contributed by atoms with van der Waals surface area (Å²) in [5, 5.41) is 12.9. The molecule has 1 aromatic heterocycles. The topological polar surface area (TPSA) is 59.3 Å². The molecule has 0 saturated carbocycles. The molecule has 7 nitrogen and oxygen atoms in total. The number of tetrazole rings is 1. The summed E-state index contributed by atoms with van der Waals surface area (Å²) in [4.78, 5) is 5.05. The van der Waals surface area contributed by atoms with E-state index in [2.05, 4.69) is 86.0 Å². The zero-order chi connectivity index (χ0) is 20.9. The van der Waals surface area contributed by atoms with Crippen molar-refractivity contribution in [3.8, 4) is 0 Å². The lowest BCUT2D eigenvalue weighted by atomic mass is 10.0. The van der Waals surface area contributed by atoms with E-state index >= 15 is 0 Å². The van der Waals surface area contributed by atoms with Crippen LogP contribution >= 0.6 is 0 Å². The Morgan fingerprint density at radius 2 is 1.68 bits per heavy atom. The monoisotopic (exact) mass is 418 g/mol. The average Bonchev–Trinajstić information content (AvgIpc) is 3.50. The molecule has 2 aliphatic rings. The molecule has 0 unspecified atom stereocenters. The molecule has 3 aromatic rings. The maximum Gasteiger partial charge on any atom is 0.173 e. The van der Waals surface area contributed by atoms with E-state index in [1.807, 2.05) is 4.68 Å². The van der Waals surface area contributed by atoms with Crippen LogP contribution in [-0.4, -0.2) is 68.9 Å². The normalized spacial score (nSPS) is 21.4. The molecule has 0 N–H and O–H groups in total. The lowest BCUT2D eigenvalue weighted by Crippen LogP contribution is -2.48. The van der Waals surface area contributed by atoms with Gasteiger partial charge in [0.1, 0.15) is 0 Å². The van der Waals surface area contributed by atoms with Crippen LogP contribution in [0, 0.1) is 0 Å². The first-order valence-corrected chi connectivity index (χ1v) is 11.3. The second-order valence-electron chi connectivity index (χ2n) is 8.47. The first kappa shape index (κ1) is 20.3. The van der Waals surface area contributed by atoms with E-state index in [-0.39, 0.29) is 12.1 Å². The van der Waals surface area contributed by atoms with Crippen LogP contribution in [-0.2, 0) is 17.8 Å². The highest BCUT2D eigenvalue weighted by Crippen LogP contribution is 2.29. The fourth-order valence-electron chi connectivity index (χ4n) is 4.70. The average molecular weight is 419 g/mol. The van der Waals surface area contributed by atoms with Gasteiger partial charge in [-0.25, -0.2) is 4.68 Å². The molecule has 0 amide bonds. The largest absolute Gasteiger partial charge is 0.376 e.